The molecule has 2 rings (SSSR count). The summed E-state index contributed by atoms with van der Waals surface area (Å²) in [7, 11) is 0. The van der Waals surface area contributed by atoms with Gasteiger partial charge in [0.15, 0.2) is 0 Å². The van der Waals surface area contributed by atoms with Crippen molar-refractivity contribution in [3.8, 4) is 5.75 Å². The quantitative estimate of drug-likeness (QED) is 0.820. The molecule has 1 N–H and O–H groups in total. The first-order chi connectivity index (χ1) is 7.70. The van der Waals surface area contributed by atoms with Crippen LogP contribution >= 0.6 is 11.6 Å². The van der Waals surface area contributed by atoms with E-state index in [-0.39, 0.29) is 6.04 Å². The highest BCUT2D eigenvalue weighted by Gasteiger charge is 2.17. The van der Waals surface area contributed by atoms with Gasteiger partial charge < -0.3 is 10.1 Å². The van der Waals surface area contributed by atoms with Gasteiger partial charge in [0, 0.05) is 10.6 Å². The van der Waals surface area contributed by atoms with Crippen molar-refractivity contribution in [2.45, 2.75) is 19.4 Å². The van der Waals surface area contributed by atoms with Gasteiger partial charge in [0.25, 0.3) is 0 Å². The first kappa shape index (κ1) is 11.0. The Bertz CT molecular complexity index is 443. The molecule has 0 aromatic heterocycles. The van der Waals surface area contributed by atoms with Crippen LogP contribution in [0.2, 0.25) is 5.02 Å². The topological polar surface area (TPSA) is 38.3 Å². The van der Waals surface area contributed by atoms with Crippen LogP contribution in [-0.4, -0.2) is 12.5 Å². The number of allylic oxidation sites excluding steroid dienone is 1. The lowest BCUT2D eigenvalue weighted by molar-refractivity contribution is -0.110. The summed E-state index contributed by atoms with van der Waals surface area (Å²) in [6.07, 6.45) is 3.40. The van der Waals surface area contributed by atoms with Gasteiger partial charge in [-0.1, -0.05) is 11.6 Å². The Balaban J connectivity index is 2.18. The van der Waals surface area contributed by atoms with Crippen LogP contribution in [-0.2, 0) is 11.2 Å². The molecule has 4 heteroatoms. The number of hydrogen-bond acceptors (Lipinski definition) is 2. The zero-order chi connectivity index (χ0) is 11.5. The molecule has 1 amide bonds. The molecule has 0 radical (unpaired) electrons. The molecule has 1 aliphatic heterocycles. The van der Waals surface area contributed by atoms with Crippen LogP contribution in [0.5, 0.6) is 5.75 Å². The molecule has 16 heavy (non-hydrogen) atoms. The van der Waals surface area contributed by atoms with Gasteiger partial charge in [0.05, 0.1) is 6.04 Å². The maximum Gasteiger partial charge on any atom is 0.207 e. The molecule has 1 heterocycles. The van der Waals surface area contributed by atoms with Gasteiger partial charge >= 0.3 is 0 Å². The number of amides is 1. The fraction of sp³-hybridized carbons (Fsp3) is 0.250. The third-order valence-electron chi connectivity index (χ3n) is 2.52. The first-order valence-corrected chi connectivity index (χ1v) is 5.44. The summed E-state index contributed by atoms with van der Waals surface area (Å²) in [6.45, 7) is 1.88. The summed E-state index contributed by atoms with van der Waals surface area (Å²) in [6, 6.07) is 5.42. The van der Waals surface area contributed by atoms with Gasteiger partial charge in [-0.25, -0.2) is 0 Å². The van der Waals surface area contributed by atoms with Crippen molar-refractivity contribution >= 4 is 18.0 Å². The minimum atomic E-state index is -0.110. The van der Waals surface area contributed by atoms with E-state index in [1.165, 1.54) is 0 Å². The van der Waals surface area contributed by atoms with E-state index in [0.29, 0.717) is 11.4 Å². The molecular formula is C12H12ClNO2. The molecule has 0 aliphatic carbocycles. The minimum Gasteiger partial charge on any atom is -0.460 e. The van der Waals surface area contributed by atoms with E-state index in [1.807, 2.05) is 25.1 Å². The fourth-order valence-electron chi connectivity index (χ4n) is 1.64. The number of nitrogens with one attached hydrogen (secondary N) is 1. The van der Waals surface area contributed by atoms with E-state index in [1.54, 1.807) is 6.07 Å². The predicted molar refractivity (Wildman–Crippen MR) is 62.5 cm³/mol. The van der Waals surface area contributed by atoms with Crippen LogP contribution < -0.4 is 10.1 Å². The van der Waals surface area contributed by atoms with Gasteiger partial charge in [-0.3, -0.25) is 4.79 Å². The molecule has 84 valence electrons. The SMILES string of the molecule is CC(NC=O)C1=CCc2cc(Cl)ccc2O1. The van der Waals surface area contributed by atoms with E-state index in [4.69, 9.17) is 16.3 Å². The van der Waals surface area contributed by atoms with E-state index >= 15 is 0 Å². The van der Waals surface area contributed by atoms with Crippen molar-refractivity contribution in [2.24, 2.45) is 0 Å². The summed E-state index contributed by atoms with van der Waals surface area (Å²) in [5.41, 5.74) is 1.06. The average molecular weight is 238 g/mol. The molecule has 0 fully saturated rings. The van der Waals surface area contributed by atoms with Crippen LogP contribution in [0.25, 0.3) is 0 Å². The highest BCUT2D eigenvalue weighted by molar-refractivity contribution is 6.30. The molecule has 1 atom stereocenters. The van der Waals surface area contributed by atoms with Gasteiger partial charge in [0.2, 0.25) is 6.41 Å². The molecule has 1 aliphatic rings. The second kappa shape index (κ2) is 4.58. The van der Waals surface area contributed by atoms with E-state index in [9.17, 15) is 4.79 Å². The van der Waals surface area contributed by atoms with Crippen LogP contribution in [0.3, 0.4) is 0 Å². The highest BCUT2D eigenvalue weighted by Crippen LogP contribution is 2.29. The van der Waals surface area contributed by atoms with Crippen molar-refractivity contribution < 1.29 is 9.53 Å². The summed E-state index contributed by atoms with van der Waals surface area (Å²) < 4.78 is 5.68. The van der Waals surface area contributed by atoms with E-state index in [2.05, 4.69) is 5.32 Å². The maximum atomic E-state index is 10.3. The number of carbonyl (C=O) groups is 1. The number of hydrogen-bond donors (Lipinski definition) is 1. The van der Waals surface area contributed by atoms with Crippen molar-refractivity contribution in [2.75, 3.05) is 0 Å². The van der Waals surface area contributed by atoms with Crippen molar-refractivity contribution in [3.05, 3.63) is 40.6 Å². The number of halogens is 1. The van der Waals surface area contributed by atoms with Crippen LogP contribution in [0.15, 0.2) is 30.0 Å². The van der Waals surface area contributed by atoms with E-state index < -0.39 is 0 Å². The zero-order valence-electron chi connectivity index (χ0n) is 8.87. The van der Waals surface area contributed by atoms with Crippen molar-refractivity contribution in [1.82, 2.24) is 5.32 Å². The Morgan fingerprint density at radius 1 is 1.56 bits per heavy atom. The largest absolute Gasteiger partial charge is 0.460 e. The Kier molecular flexibility index (Phi) is 3.15. The molecule has 1 aromatic carbocycles. The third kappa shape index (κ3) is 2.19. The Hall–Kier alpha value is -1.48. The molecule has 1 unspecified atom stereocenters. The molecule has 3 nitrogen and oxygen atoms in total. The number of fused-ring (bicyclic) bond motifs is 1. The average Bonchev–Trinajstić information content (AvgIpc) is 2.28. The smallest absolute Gasteiger partial charge is 0.207 e. The zero-order valence-corrected chi connectivity index (χ0v) is 9.62. The Labute approximate surface area is 99.1 Å². The van der Waals surface area contributed by atoms with Crippen molar-refractivity contribution in [1.29, 1.82) is 0 Å². The Morgan fingerprint density at radius 2 is 2.38 bits per heavy atom. The highest BCUT2D eigenvalue weighted by atomic mass is 35.5. The lowest BCUT2D eigenvalue weighted by Gasteiger charge is -2.22. The second-order valence-electron chi connectivity index (χ2n) is 3.67. The van der Waals surface area contributed by atoms with Crippen LogP contribution in [0, 0.1) is 0 Å². The molecule has 0 saturated carbocycles. The van der Waals surface area contributed by atoms with Crippen LogP contribution in [0.4, 0.5) is 0 Å². The summed E-state index contributed by atoms with van der Waals surface area (Å²) >= 11 is 5.89. The number of carbonyl (C=O) groups excluding carboxylic acids is 1. The molecule has 1 aromatic rings. The monoisotopic (exact) mass is 237 g/mol. The summed E-state index contributed by atoms with van der Waals surface area (Å²) in [5.74, 6) is 1.57. The molecular weight excluding hydrogens is 226 g/mol. The van der Waals surface area contributed by atoms with E-state index in [0.717, 1.165) is 23.5 Å². The minimum absolute atomic E-state index is 0.110. The molecule has 0 spiro atoms. The van der Waals surface area contributed by atoms with Gasteiger partial charge in [-0.2, -0.15) is 0 Å². The van der Waals surface area contributed by atoms with Gasteiger partial charge in [-0.05, 0) is 37.6 Å². The fourth-order valence-corrected chi connectivity index (χ4v) is 1.83. The maximum absolute atomic E-state index is 10.3. The second-order valence-corrected chi connectivity index (χ2v) is 4.11. The van der Waals surface area contributed by atoms with Gasteiger partial charge in [-0.15, -0.1) is 0 Å². The standard InChI is InChI=1S/C12H12ClNO2/c1-8(14-7-15)11-4-2-9-6-10(13)3-5-12(9)16-11/h3-8H,2H2,1H3,(H,14,15). The number of ether oxygens (including phenoxy) is 1. The lowest BCUT2D eigenvalue weighted by Crippen LogP contribution is -2.30. The lowest BCUT2D eigenvalue weighted by atomic mass is 10.1. The number of rotatable bonds is 3. The van der Waals surface area contributed by atoms with Crippen LogP contribution in [0.1, 0.15) is 12.5 Å². The number of benzene rings is 1. The third-order valence-corrected chi connectivity index (χ3v) is 2.75. The Morgan fingerprint density at radius 3 is 3.12 bits per heavy atom. The molecule has 0 saturated heterocycles. The van der Waals surface area contributed by atoms with Crippen molar-refractivity contribution in [3.63, 3.8) is 0 Å². The molecule has 0 bridgehead atoms. The first-order valence-electron chi connectivity index (χ1n) is 5.06. The summed E-state index contributed by atoms with van der Waals surface area (Å²) in [5, 5.41) is 3.36. The normalized spacial score (nSPS) is 15.5. The van der Waals surface area contributed by atoms with Gasteiger partial charge in [0.1, 0.15) is 11.5 Å². The summed E-state index contributed by atoms with van der Waals surface area (Å²) in [4.78, 5) is 10.3. The predicted octanol–water partition coefficient (Wildman–Crippen LogP) is 2.29.